The highest BCUT2D eigenvalue weighted by molar-refractivity contribution is 6.35. The Morgan fingerprint density at radius 2 is 1.91 bits per heavy atom. The van der Waals surface area contributed by atoms with Gasteiger partial charge in [0.2, 0.25) is 0 Å². The van der Waals surface area contributed by atoms with E-state index >= 15 is 0 Å². The molecule has 9 heteroatoms. The van der Waals surface area contributed by atoms with Crippen LogP contribution >= 0.6 is 23.2 Å². The second kappa shape index (κ2) is 10.5. The molecule has 0 fully saturated rings. The molecule has 0 N–H and O–H groups in total. The van der Waals surface area contributed by atoms with E-state index in [4.69, 9.17) is 32.4 Å². The summed E-state index contributed by atoms with van der Waals surface area (Å²) in [6, 6.07) is 8.85. The quantitative estimate of drug-likeness (QED) is 0.349. The SMILES string of the molecule is Cc1nn(Cc2c(Cl)cccc2Cl)c(C)c1/C=C/C(=O)OCC(=O)N(C)Cc1ccco1. The number of ether oxygens (including phenoxy) is 1. The van der Waals surface area contributed by atoms with E-state index in [0.717, 1.165) is 22.5 Å². The lowest BCUT2D eigenvalue weighted by Gasteiger charge is -2.15. The predicted octanol–water partition coefficient (Wildman–Crippen LogP) is 4.66. The second-order valence-corrected chi connectivity index (χ2v) is 8.03. The van der Waals surface area contributed by atoms with Crippen LogP contribution in [0.5, 0.6) is 0 Å². The largest absolute Gasteiger partial charge is 0.467 e. The number of aryl methyl sites for hydroxylation is 1. The molecule has 0 bridgehead atoms. The smallest absolute Gasteiger partial charge is 0.331 e. The molecule has 168 valence electrons. The van der Waals surface area contributed by atoms with Gasteiger partial charge in [0.05, 0.1) is 25.0 Å². The maximum atomic E-state index is 12.1. The van der Waals surface area contributed by atoms with Gasteiger partial charge in [0, 0.05) is 40.0 Å². The maximum Gasteiger partial charge on any atom is 0.331 e. The van der Waals surface area contributed by atoms with Gasteiger partial charge >= 0.3 is 5.97 Å². The second-order valence-electron chi connectivity index (χ2n) is 7.21. The Balaban J connectivity index is 1.60. The molecule has 2 aromatic heterocycles. The van der Waals surface area contributed by atoms with Gasteiger partial charge in [-0.2, -0.15) is 5.10 Å². The summed E-state index contributed by atoms with van der Waals surface area (Å²) in [6.45, 7) is 4.08. The minimum absolute atomic E-state index is 0.298. The summed E-state index contributed by atoms with van der Waals surface area (Å²) < 4.78 is 12.1. The van der Waals surface area contributed by atoms with E-state index in [-0.39, 0.29) is 12.5 Å². The zero-order chi connectivity index (χ0) is 23.3. The van der Waals surface area contributed by atoms with Crippen LogP contribution in [-0.4, -0.2) is 40.2 Å². The number of amides is 1. The number of hydrogen-bond donors (Lipinski definition) is 0. The molecule has 32 heavy (non-hydrogen) atoms. The van der Waals surface area contributed by atoms with E-state index < -0.39 is 5.97 Å². The summed E-state index contributed by atoms with van der Waals surface area (Å²) in [4.78, 5) is 25.7. The summed E-state index contributed by atoms with van der Waals surface area (Å²) in [5.41, 5.74) is 3.14. The van der Waals surface area contributed by atoms with Crippen molar-refractivity contribution in [1.29, 1.82) is 0 Å². The van der Waals surface area contributed by atoms with Crippen molar-refractivity contribution in [3.8, 4) is 0 Å². The topological polar surface area (TPSA) is 77.6 Å². The third-order valence-electron chi connectivity index (χ3n) is 4.93. The lowest BCUT2D eigenvalue weighted by Crippen LogP contribution is -2.30. The van der Waals surface area contributed by atoms with Crippen LogP contribution in [0.2, 0.25) is 10.0 Å². The Morgan fingerprint density at radius 1 is 1.19 bits per heavy atom. The van der Waals surface area contributed by atoms with Crippen LogP contribution in [0.4, 0.5) is 0 Å². The van der Waals surface area contributed by atoms with Crippen LogP contribution in [0, 0.1) is 13.8 Å². The van der Waals surface area contributed by atoms with Crippen molar-refractivity contribution in [3.63, 3.8) is 0 Å². The molecule has 1 aromatic carbocycles. The van der Waals surface area contributed by atoms with Crippen molar-refractivity contribution in [3.05, 3.63) is 81.0 Å². The third-order valence-corrected chi connectivity index (χ3v) is 5.64. The molecular weight excluding hydrogens is 453 g/mol. The maximum absolute atomic E-state index is 12.1. The first-order valence-electron chi connectivity index (χ1n) is 9.84. The van der Waals surface area contributed by atoms with E-state index in [1.165, 1.54) is 17.2 Å². The first-order valence-corrected chi connectivity index (χ1v) is 10.6. The number of furan rings is 1. The first-order chi connectivity index (χ1) is 15.3. The molecule has 2 heterocycles. The normalized spacial score (nSPS) is 11.2. The number of rotatable bonds is 8. The van der Waals surface area contributed by atoms with Gasteiger partial charge in [-0.1, -0.05) is 29.3 Å². The van der Waals surface area contributed by atoms with Crippen LogP contribution in [0.1, 0.15) is 28.3 Å². The molecule has 0 atom stereocenters. The fourth-order valence-corrected chi connectivity index (χ4v) is 3.62. The fourth-order valence-electron chi connectivity index (χ4n) is 3.11. The summed E-state index contributed by atoms with van der Waals surface area (Å²) in [5, 5.41) is 5.65. The number of carbonyl (C=O) groups is 2. The first kappa shape index (κ1) is 23.6. The van der Waals surface area contributed by atoms with Crippen molar-refractivity contribution in [2.24, 2.45) is 0 Å². The zero-order valence-corrected chi connectivity index (χ0v) is 19.5. The minimum Gasteiger partial charge on any atom is -0.467 e. The molecular formula is C23H23Cl2N3O4. The highest BCUT2D eigenvalue weighted by atomic mass is 35.5. The molecule has 0 saturated carbocycles. The van der Waals surface area contributed by atoms with Crippen LogP contribution in [-0.2, 0) is 27.4 Å². The average molecular weight is 476 g/mol. The fraction of sp³-hybridized carbons (Fsp3) is 0.261. The van der Waals surface area contributed by atoms with E-state index in [1.54, 1.807) is 48.1 Å². The molecule has 0 aliphatic carbocycles. The van der Waals surface area contributed by atoms with E-state index in [2.05, 4.69) is 5.10 Å². The van der Waals surface area contributed by atoms with E-state index in [9.17, 15) is 9.59 Å². The summed E-state index contributed by atoms with van der Waals surface area (Å²) >= 11 is 12.5. The van der Waals surface area contributed by atoms with Crippen LogP contribution in [0.25, 0.3) is 6.08 Å². The molecule has 0 aliphatic heterocycles. The number of likely N-dealkylation sites (N-methyl/N-ethyl adjacent to an activating group) is 1. The van der Waals surface area contributed by atoms with Gasteiger partial charge in [0.25, 0.3) is 5.91 Å². The average Bonchev–Trinajstić information content (AvgIpc) is 3.35. The predicted molar refractivity (Wildman–Crippen MR) is 122 cm³/mol. The van der Waals surface area contributed by atoms with Crippen molar-refractivity contribution >= 4 is 41.2 Å². The van der Waals surface area contributed by atoms with Gasteiger partial charge in [-0.05, 0) is 44.2 Å². The summed E-state index contributed by atoms with van der Waals surface area (Å²) in [5.74, 6) is -0.307. The Bertz CT molecular complexity index is 1120. The van der Waals surface area contributed by atoms with Crippen molar-refractivity contribution in [1.82, 2.24) is 14.7 Å². The molecule has 0 radical (unpaired) electrons. The van der Waals surface area contributed by atoms with Crippen molar-refractivity contribution < 1.29 is 18.7 Å². The number of benzene rings is 1. The lowest BCUT2D eigenvalue weighted by molar-refractivity contribution is -0.147. The lowest BCUT2D eigenvalue weighted by atomic mass is 10.1. The van der Waals surface area contributed by atoms with Gasteiger partial charge in [-0.3, -0.25) is 9.48 Å². The molecule has 1 amide bonds. The van der Waals surface area contributed by atoms with Crippen LogP contribution < -0.4 is 0 Å². The summed E-state index contributed by atoms with van der Waals surface area (Å²) in [6.07, 6.45) is 4.44. The van der Waals surface area contributed by atoms with Crippen molar-refractivity contribution in [2.45, 2.75) is 26.9 Å². The molecule has 0 aliphatic rings. The monoisotopic (exact) mass is 475 g/mol. The van der Waals surface area contributed by atoms with Crippen LogP contribution in [0.3, 0.4) is 0 Å². The molecule has 3 rings (SSSR count). The van der Waals surface area contributed by atoms with Gasteiger partial charge in [-0.15, -0.1) is 0 Å². The minimum atomic E-state index is -0.620. The van der Waals surface area contributed by atoms with Crippen molar-refractivity contribution in [2.75, 3.05) is 13.7 Å². The standard InChI is InChI=1S/C23H23Cl2N3O4/c1-15-18(16(2)28(26-15)13-19-20(24)7-4-8-21(19)25)9-10-23(30)32-14-22(29)27(3)12-17-6-5-11-31-17/h4-11H,12-14H2,1-3H3/b10-9+. The number of aromatic nitrogens is 2. The molecule has 0 saturated heterocycles. The zero-order valence-electron chi connectivity index (χ0n) is 18.0. The van der Waals surface area contributed by atoms with Gasteiger partial charge in [0.15, 0.2) is 6.61 Å². The number of nitrogens with zero attached hydrogens (tertiary/aromatic N) is 3. The van der Waals surface area contributed by atoms with Gasteiger partial charge < -0.3 is 14.1 Å². The highest BCUT2D eigenvalue weighted by Gasteiger charge is 2.15. The summed E-state index contributed by atoms with van der Waals surface area (Å²) in [7, 11) is 1.61. The number of esters is 1. The molecule has 0 unspecified atom stereocenters. The number of halogens is 2. The highest BCUT2D eigenvalue weighted by Crippen LogP contribution is 2.26. The number of carbonyl (C=O) groups excluding carboxylic acids is 2. The van der Waals surface area contributed by atoms with E-state index in [1.807, 2.05) is 13.8 Å². The molecule has 0 spiro atoms. The van der Waals surface area contributed by atoms with Gasteiger partial charge in [-0.25, -0.2) is 4.79 Å². The number of hydrogen-bond acceptors (Lipinski definition) is 5. The van der Waals surface area contributed by atoms with E-state index in [0.29, 0.717) is 28.9 Å². The Kier molecular flexibility index (Phi) is 7.77. The Morgan fingerprint density at radius 3 is 2.56 bits per heavy atom. The van der Waals surface area contributed by atoms with Crippen LogP contribution in [0.15, 0.2) is 47.1 Å². The molecule has 7 nitrogen and oxygen atoms in total. The Hall–Kier alpha value is -3.03. The third kappa shape index (κ3) is 5.81. The molecule has 3 aromatic rings. The Labute approximate surface area is 196 Å². The van der Waals surface area contributed by atoms with Gasteiger partial charge in [0.1, 0.15) is 5.76 Å².